The number of carbonyl (C=O) groups is 1. The van der Waals surface area contributed by atoms with E-state index in [1.54, 1.807) is 32.6 Å². The Balaban J connectivity index is 1.74. The van der Waals surface area contributed by atoms with E-state index in [-0.39, 0.29) is 11.8 Å². The molecule has 136 valence electrons. The topological polar surface area (TPSA) is 69.2 Å². The van der Waals surface area contributed by atoms with E-state index >= 15 is 0 Å². The molecule has 0 spiro atoms. The van der Waals surface area contributed by atoms with Gasteiger partial charge in [0.1, 0.15) is 6.61 Å². The molecule has 26 heavy (non-hydrogen) atoms. The minimum atomic E-state index is -0.0389. The minimum Gasteiger partial charge on any atom is -0.493 e. The van der Waals surface area contributed by atoms with Crippen LogP contribution in [0.3, 0.4) is 0 Å². The zero-order chi connectivity index (χ0) is 18.4. The number of benzene rings is 2. The molecule has 1 aliphatic carbocycles. The summed E-state index contributed by atoms with van der Waals surface area (Å²) in [6.07, 6.45) is 3.44. The molecule has 6 heteroatoms. The Labute approximate surface area is 152 Å². The van der Waals surface area contributed by atoms with E-state index in [0.717, 1.165) is 24.0 Å². The van der Waals surface area contributed by atoms with Crippen LogP contribution in [-0.4, -0.2) is 26.3 Å². The van der Waals surface area contributed by atoms with E-state index < -0.39 is 0 Å². The van der Waals surface area contributed by atoms with E-state index in [2.05, 4.69) is 10.5 Å². The SMILES string of the molecule is COc1cc(/C=N\NC(=O)C2CC2)cc(OC)c1OCc1ccccc1. The summed E-state index contributed by atoms with van der Waals surface area (Å²) in [6, 6.07) is 13.4. The van der Waals surface area contributed by atoms with Crippen molar-refractivity contribution >= 4 is 12.1 Å². The highest BCUT2D eigenvalue weighted by molar-refractivity contribution is 5.85. The second kappa shape index (κ2) is 8.38. The molecule has 0 aromatic heterocycles. The summed E-state index contributed by atoms with van der Waals surface area (Å²) in [7, 11) is 3.14. The summed E-state index contributed by atoms with van der Waals surface area (Å²) < 4.78 is 16.8. The van der Waals surface area contributed by atoms with Crippen LogP contribution in [0.1, 0.15) is 24.0 Å². The second-order valence-corrected chi connectivity index (χ2v) is 6.04. The van der Waals surface area contributed by atoms with Crippen molar-refractivity contribution in [3.8, 4) is 17.2 Å². The van der Waals surface area contributed by atoms with E-state index in [4.69, 9.17) is 14.2 Å². The monoisotopic (exact) mass is 354 g/mol. The Morgan fingerprint density at radius 2 is 1.81 bits per heavy atom. The smallest absolute Gasteiger partial charge is 0.243 e. The van der Waals surface area contributed by atoms with Crippen molar-refractivity contribution in [2.45, 2.75) is 19.4 Å². The van der Waals surface area contributed by atoms with Gasteiger partial charge in [-0.3, -0.25) is 4.79 Å². The van der Waals surface area contributed by atoms with Gasteiger partial charge in [-0.2, -0.15) is 5.10 Å². The summed E-state index contributed by atoms with van der Waals surface area (Å²) in [5.41, 5.74) is 4.33. The van der Waals surface area contributed by atoms with Gasteiger partial charge < -0.3 is 14.2 Å². The highest BCUT2D eigenvalue weighted by atomic mass is 16.5. The van der Waals surface area contributed by atoms with Crippen molar-refractivity contribution in [3.63, 3.8) is 0 Å². The van der Waals surface area contributed by atoms with Gasteiger partial charge in [0.05, 0.1) is 20.4 Å². The Hall–Kier alpha value is -3.02. The molecule has 0 radical (unpaired) electrons. The number of methoxy groups -OCH3 is 2. The molecule has 2 aromatic rings. The lowest BCUT2D eigenvalue weighted by atomic mass is 10.2. The number of ether oxygens (including phenoxy) is 3. The van der Waals surface area contributed by atoms with Crippen LogP contribution < -0.4 is 19.6 Å². The Kier molecular flexibility index (Phi) is 5.73. The molecule has 0 heterocycles. The van der Waals surface area contributed by atoms with Gasteiger partial charge in [0.2, 0.25) is 11.7 Å². The predicted molar refractivity (Wildman–Crippen MR) is 98.8 cm³/mol. The quantitative estimate of drug-likeness (QED) is 0.584. The third kappa shape index (κ3) is 4.53. The molecule has 1 saturated carbocycles. The van der Waals surface area contributed by atoms with Gasteiger partial charge in [0.25, 0.3) is 0 Å². The number of carbonyl (C=O) groups excluding carboxylic acids is 1. The van der Waals surface area contributed by atoms with Gasteiger partial charge in [0, 0.05) is 11.5 Å². The van der Waals surface area contributed by atoms with Crippen LogP contribution in [0.4, 0.5) is 0 Å². The Morgan fingerprint density at radius 3 is 2.38 bits per heavy atom. The molecule has 0 unspecified atom stereocenters. The number of nitrogens with zero attached hydrogens (tertiary/aromatic N) is 1. The van der Waals surface area contributed by atoms with Crippen molar-refractivity contribution in [1.29, 1.82) is 0 Å². The van der Waals surface area contributed by atoms with E-state index in [9.17, 15) is 4.79 Å². The highest BCUT2D eigenvalue weighted by Crippen LogP contribution is 2.38. The van der Waals surface area contributed by atoms with Crippen LogP contribution >= 0.6 is 0 Å². The molecule has 6 nitrogen and oxygen atoms in total. The molecule has 1 N–H and O–H groups in total. The molecule has 0 bridgehead atoms. The van der Waals surface area contributed by atoms with Gasteiger partial charge in [-0.15, -0.1) is 0 Å². The third-order valence-electron chi connectivity index (χ3n) is 4.05. The van der Waals surface area contributed by atoms with Crippen LogP contribution in [0.15, 0.2) is 47.6 Å². The van der Waals surface area contributed by atoms with Crippen molar-refractivity contribution in [3.05, 3.63) is 53.6 Å². The molecule has 3 rings (SSSR count). The zero-order valence-corrected chi connectivity index (χ0v) is 14.9. The first-order valence-corrected chi connectivity index (χ1v) is 8.47. The maximum absolute atomic E-state index is 11.6. The number of amides is 1. The molecule has 0 saturated heterocycles. The fraction of sp³-hybridized carbons (Fsp3) is 0.300. The third-order valence-corrected chi connectivity index (χ3v) is 4.05. The van der Waals surface area contributed by atoms with E-state index in [1.165, 1.54) is 0 Å². The number of hydrogen-bond acceptors (Lipinski definition) is 5. The van der Waals surface area contributed by atoms with Gasteiger partial charge >= 0.3 is 0 Å². The normalized spacial score (nSPS) is 13.5. The van der Waals surface area contributed by atoms with E-state index in [0.29, 0.717) is 23.9 Å². The largest absolute Gasteiger partial charge is 0.493 e. The fourth-order valence-corrected chi connectivity index (χ4v) is 2.45. The van der Waals surface area contributed by atoms with Gasteiger partial charge in [-0.25, -0.2) is 5.43 Å². The van der Waals surface area contributed by atoms with Crippen molar-refractivity contribution < 1.29 is 19.0 Å². The summed E-state index contributed by atoms with van der Waals surface area (Å²) in [4.78, 5) is 11.6. The summed E-state index contributed by atoms with van der Waals surface area (Å²) in [6.45, 7) is 0.401. The first kappa shape index (κ1) is 17.8. The molecule has 0 aliphatic heterocycles. The lowest BCUT2D eigenvalue weighted by molar-refractivity contribution is -0.122. The highest BCUT2D eigenvalue weighted by Gasteiger charge is 2.29. The average molecular weight is 354 g/mol. The lowest BCUT2D eigenvalue weighted by Gasteiger charge is -2.15. The van der Waals surface area contributed by atoms with Crippen LogP contribution in [0.2, 0.25) is 0 Å². The van der Waals surface area contributed by atoms with Gasteiger partial charge in [0.15, 0.2) is 11.5 Å². The lowest BCUT2D eigenvalue weighted by Crippen LogP contribution is -2.18. The summed E-state index contributed by atoms with van der Waals surface area (Å²) >= 11 is 0. The van der Waals surface area contributed by atoms with Crippen LogP contribution in [0, 0.1) is 5.92 Å². The standard InChI is InChI=1S/C20H22N2O4/c1-24-17-10-15(12-21-22-20(23)16-8-9-16)11-18(25-2)19(17)26-13-14-6-4-3-5-7-14/h3-7,10-12,16H,8-9,13H2,1-2H3,(H,22,23)/b21-12-. The molecule has 1 fully saturated rings. The molecule has 0 atom stereocenters. The predicted octanol–water partition coefficient (Wildman–Crippen LogP) is 3.14. The Morgan fingerprint density at radius 1 is 1.15 bits per heavy atom. The fourth-order valence-electron chi connectivity index (χ4n) is 2.45. The molecular formula is C20H22N2O4. The van der Waals surface area contributed by atoms with Crippen molar-refractivity contribution in [2.24, 2.45) is 11.0 Å². The molecule has 2 aromatic carbocycles. The number of nitrogens with one attached hydrogen (secondary N) is 1. The van der Waals surface area contributed by atoms with Gasteiger partial charge in [-0.05, 0) is 30.5 Å². The number of hydrogen-bond donors (Lipinski definition) is 1. The zero-order valence-electron chi connectivity index (χ0n) is 14.9. The molecule has 1 amide bonds. The minimum absolute atomic E-state index is 0.0389. The molecular weight excluding hydrogens is 332 g/mol. The average Bonchev–Trinajstić information content (AvgIpc) is 3.52. The number of hydrazone groups is 1. The summed E-state index contributed by atoms with van der Waals surface area (Å²) in [5, 5.41) is 4.00. The van der Waals surface area contributed by atoms with Crippen molar-refractivity contribution in [1.82, 2.24) is 5.43 Å². The van der Waals surface area contributed by atoms with Crippen LogP contribution in [0.25, 0.3) is 0 Å². The second-order valence-electron chi connectivity index (χ2n) is 6.04. The maximum atomic E-state index is 11.6. The van der Waals surface area contributed by atoms with Crippen LogP contribution in [0.5, 0.6) is 17.2 Å². The van der Waals surface area contributed by atoms with E-state index in [1.807, 2.05) is 30.3 Å². The van der Waals surface area contributed by atoms with Crippen molar-refractivity contribution in [2.75, 3.05) is 14.2 Å². The first-order chi connectivity index (χ1) is 12.7. The van der Waals surface area contributed by atoms with Gasteiger partial charge in [-0.1, -0.05) is 30.3 Å². The number of rotatable bonds is 8. The maximum Gasteiger partial charge on any atom is 0.243 e. The molecule has 1 aliphatic rings. The van der Waals surface area contributed by atoms with Crippen LogP contribution in [-0.2, 0) is 11.4 Å². The first-order valence-electron chi connectivity index (χ1n) is 8.47. The summed E-state index contributed by atoms with van der Waals surface area (Å²) in [5.74, 6) is 1.68. The Bertz CT molecular complexity index is 761.